The molecule has 2 fully saturated rings. The molecule has 3 aromatic rings. The average molecular weight is 444 g/mol. The first-order valence-electron chi connectivity index (χ1n) is 10.8. The van der Waals surface area contributed by atoms with Crippen LogP contribution in [0.4, 0.5) is 5.82 Å². The van der Waals surface area contributed by atoms with Crippen LogP contribution < -0.4 is 5.32 Å². The summed E-state index contributed by atoms with van der Waals surface area (Å²) >= 11 is 7.86. The van der Waals surface area contributed by atoms with Crippen molar-refractivity contribution in [1.82, 2.24) is 19.7 Å². The van der Waals surface area contributed by atoms with Gasteiger partial charge in [0.15, 0.2) is 0 Å². The first kappa shape index (κ1) is 20.0. The van der Waals surface area contributed by atoms with Crippen molar-refractivity contribution in [3.63, 3.8) is 0 Å². The van der Waals surface area contributed by atoms with Gasteiger partial charge >= 0.3 is 0 Å². The van der Waals surface area contributed by atoms with Gasteiger partial charge in [0.05, 0.1) is 34.0 Å². The molecular weight excluding hydrogens is 418 g/mol. The number of anilines is 1. The Morgan fingerprint density at radius 1 is 1.17 bits per heavy atom. The molecule has 3 heterocycles. The van der Waals surface area contributed by atoms with Gasteiger partial charge < -0.3 is 5.32 Å². The van der Waals surface area contributed by atoms with E-state index in [1.54, 1.807) is 17.5 Å². The maximum atomic E-state index is 12.6. The van der Waals surface area contributed by atoms with E-state index in [0.29, 0.717) is 18.5 Å². The molecule has 0 radical (unpaired) electrons. The number of carbonyl (C=O) groups is 1. The summed E-state index contributed by atoms with van der Waals surface area (Å²) in [6, 6.07) is 8.24. The van der Waals surface area contributed by atoms with E-state index in [2.05, 4.69) is 21.4 Å². The topological polar surface area (TPSA) is 63.1 Å². The lowest BCUT2D eigenvalue weighted by molar-refractivity contribution is -0.117. The number of hydrogen-bond acceptors (Lipinski definition) is 5. The Kier molecular flexibility index (Phi) is 5.76. The largest absolute Gasteiger partial charge is 0.310 e. The Hall–Kier alpha value is -1.96. The number of fused-ring (bicyclic) bond motifs is 1. The predicted octanol–water partition coefficient (Wildman–Crippen LogP) is 5.08. The summed E-state index contributed by atoms with van der Waals surface area (Å²) in [5, 5.41) is 9.44. The minimum Gasteiger partial charge on any atom is -0.310 e. The molecular formula is C22H26ClN5OS. The fourth-order valence-corrected chi connectivity index (χ4v) is 5.95. The number of hydrogen-bond donors (Lipinski definition) is 1. The number of nitrogens with zero attached hydrogens (tertiary/aromatic N) is 4. The van der Waals surface area contributed by atoms with Gasteiger partial charge in [0.2, 0.25) is 5.91 Å². The summed E-state index contributed by atoms with van der Waals surface area (Å²) in [4.78, 5) is 19.7. The summed E-state index contributed by atoms with van der Waals surface area (Å²) in [6.07, 6.45) is 8.63. The molecule has 2 aromatic heterocycles. The van der Waals surface area contributed by atoms with Gasteiger partial charge in [-0.3, -0.25) is 9.69 Å². The normalized spacial score (nSPS) is 19.0. The second-order valence-corrected chi connectivity index (χ2v) is 9.86. The molecule has 0 atom stereocenters. The maximum Gasteiger partial charge on any atom is 0.239 e. The Morgan fingerprint density at radius 2 is 1.97 bits per heavy atom. The lowest BCUT2D eigenvalue weighted by Crippen LogP contribution is -2.39. The summed E-state index contributed by atoms with van der Waals surface area (Å²) in [6.45, 7) is 2.26. The van der Waals surface area contributed by atoms with E-state index >= 15 is 0 Å². The van der Waals surface area contributed by atoms with Crippen LogP contribution in [-0.4, -0.2) is 45.2 Å². The van der Waals surface area contributed by atoms with E-state index in [1.807, 2.05) is 22.9 Å². The molecule has 0 bridgehead atoms. The zero-order valence-electron chi connectivity index (χ0n) is 16.9. The van der Waals surface area contributed by atoms with Crippen LogP contribution in [0.5, 0.6) is 0 Å². The van der Waals surface area contributed by atoms with Crippen molar-refractivity contribution in [2.75, 3.05) is 25.0 Å². The van der Waals surface area contributed by atoms with Crippen LogP contribution in [0.1, 0.15) is 55.5 Å². The number of carbonyl (C=O) groups excluding carboxylic acids is 1. The molecule has 1 saturated carbocycles. The van der Waals surface area contributed by atoms with Crippen LogP contribution in [0.25, 0.3) is 10.2 Å². The van der Waals surface area contributed by atoms with Crippen LogP contribution in [0, 0.1) is 0 Å². The first-order valence-corrected chi connectivity index (χ1v) is 12.0. The van der Waals surface area contributed by atoms with Crippen LogP contribution >= 0.6 is 22.9 Å². The molecule has 1 N–H and O–H groups in total. The number of amides is 1. The van der Waals surface area contributed by atoms with Crippen molar-refractivity contribution in [2.45, 2.75) is 50.5 Å². The van der Waals surface area contributed by atoms with E-state index in [4.69, 9.17) is 16.6 Å². The average Bonchev–Trinajstić information content (AvgIpc) is 3.48. The van der Waals surface area contributed by atoms with Crippen LogP contribution in [0.15, 0.2) is 30.5 Å². The van der Waals surface area contributed by atoms with E-state index in [9.17, 15) is 4.79 Å². The van der Waals surface area contributed by atoms with Gasteiger partial charge in [-0.2, -0.15) is 5.10 Å². The first-order chi connectivity index (χ1) is 14.7. The van der Waals surface area contributed by atoms with Crippen molar-refractivity contribution in [3.8, 4) is 0 Å². The lowest BCUT2D eigenvalue weighted by atomic mass is 9.97. The van der Waals surface area contributed by atoms with E-state index in [0.717, 1.165) is 55.1 Å². The predicted molar refractivity (Wildman–Crippen MR) is 121 cm³/mol. The number of benzene rings is 1. The van der Waals surface area contributed by atoms with Gasteiger partial charge in [-0.05, 0) is 57.0 Å². The summed E-state index contributed by atoms with van der Waals surface area (Å²) < 4.78 is 3.19. The highest BCUT2D eigenvalue weighted by Crippen LogP contribution is 2.35. The summed E-state index contributed by atoms with van der Waals surface area (Å²) in [5.74, 6) is 1.34. The third-order valence-electron chi connectivity index (χ3n) is 6.28. The highest BCUT2D eigenvalue weighted by atomic mass is 35.5. The van der Waals surface area contributed by atoms with Crippen molar-refractivity contribution < 1.29 is 4.79 Å². The van der Waals surface area contributed by atoms with Gasteiger partial charge in [0.1, 0.15) is 5.82 Å². The maximum absolute atomic E-state index is 12.6. The van der Waals surface area contributed by atoms with Gasteiger partial charge in [0.25, 0.3) is 0 Å². The van der Waals surface area contributed by atoms with Gasteiger partial charge in [0, 0.05) is 17.0 Å². The Morgan fingerprint density at radius 3 is 2.77 bits per heavy atom. The number of aromatic nitrogens is 3. The highest BCUT2D eigenvalue weighted by molar-refractivity contribution is 7.18. The second kappa shape index (κ2) is 8.65. The van der Waals surface area contributed by atoms with Crippen molar-refractivity contribution in [1.29, 1.82) is 0 Å². The monoisotopic (exact) mass is 443 g/mol. The van der Waals surface area contributed by atoms with Gasteiger partial charge in [-0.25, -0.2) is 9.67 Å². The number of nitrogens with one attached hydrogen (secondary N) is 1. The Balaban J connectivity index is 1.15. The summed E-state index contributed by atoms with van der Waals surface area (Å²) in [7, 11) is 0. The van der Waals surface area contributed by atoms with Crippen LogP contribution in [0.2, 0.25) is 5.02 Å². The third-order valence-corrected chi connectivity index (χ3v) is 7.71. The highest BCUT2D eigenvalue weighted by Gasteiger charge is 2.25. The number of halogens is 1. The van der Waals surface area contributed by atoms with Gasteiger partial charge in [-0.15, -0.1) is 11.3 Å². The second-order valence-electron chi connectivity index (χ2n) is 8.36. The number of thiazole rings is 1. The quantitative estimate of drug-likeness (QED) is 0.597. The molecule has 0 unspecified atom stereocenters. The SMILES string of the molecule is O=C(CN1CCC(c2nc3cc(Cl)ccc3s2)CC1)Nc1ccnn1C1CCCC1. The molecule has 1 aromatic carbocycles. The molecule has 1 aliphatic carbocycles. The third kappa shape index (κ3) is 4.24. The van der Waals surface area contributed by atoms with Crippen molar-refractivity contribution in [3.05, 3.63) is 40.5 Å². The fourth-order valence-electron chi connectivity index (χ4n) is 4.67. The van der Waals surface area contributed by atoms with E-state index in [-0.39, 0.29) is 5.91 Å². The molecule has 2 aliphatic rings. The number of rotatable bonds is 5. The van der Waals surface area contributed by atoms with E-state index < -0.39 is 0 Å². The molecule has 158 valence electrons. The minimum atomic E-state index is 0.0443. The van der Waals surface area contributed by atoms with Gasteiger partial charge in [-0.1, -0.05) is 24.4 Å². The Labute approximate surface area is 185 Å². The molecule has 8 heteroatoms. The smallest absolute Gasteiger partial charge is 0.239 e. The minimum absolute atomic E-state index is 0.0443. The van der Waals surface area contributed by atoms with Crippen molar-refractivity contribution in [2.24, 2.45) is 0 Å². The number of likely N-dealkylation sites (tertiary alicyclic amines) is 1. The van der Waals surface area contributed by atoms with Crippen LogP contribution in [-0.2, 0) is 4.79 Å². The molecule has 30 heavy (non-hydrogen) atoms. The Bertz CT molecular complexity index is 1030. The lowest BCUT2D eigenvalue weighted by Gasteiger charge is -2.30. The molecule has 1 saturated heterocycles. The zero-order chi connectivity index (χ0) is 20.5. The molecule has 1 amide bonds. The molecule has 6 nitrogen and oxygen atoms in total. The van der Waals surface area contributed by atoms with Crippen molar-refractivity contribution >= 4 is 44.9 Å². The molecule has 1 aliphatic heterocycles. The number of piperidine rings is 1. The molecule has 0 spiro atoms. The standard InChI is InChI=1S/C22H26ClN5OS/c23-16-5-6-19-18(13-16)25-22(30-19)15-8-11-27(12-9-15)14-21(29)26-20-7-10-24-28(20)17-3-1-2-4-17/h5-7,10,13,15,17H,1-4,8-9,11-12,14H2,(H,26,29). The van der Waals surface area contributed by atoms with E-state index in [1.165, 1.54) is 22.5 Å². The molecule has 5 rings (SSSR count). The summed E-state index contributed by atoms with van der Waals surface area (Å²) in [5.41, 5.74) is 0.989. The zero-order valence-corrected chi connectivity index (χ0v) is 18.5. The van der Waals surface area contributed by atoms with Crippen LogP contribution in [0.3, 0.4) is 0 Å². The fraction of sp³-hybridized carbons (Fsp3) is 0.500.